The number of aromatic nitrogens is 1. The van der Waals surface area contributed by atoms with Crippen molar-refractivity contribution in [1.82, 2.24) is 4.98 Å². The predicted octanol–water partition coefficient (Wildman–Crippen LogP) is 3.16. The highest BCUT2D eigenvalue weighted by atomic mass is 19.1. The molecule has 0 amide bonds. The number of nitrogens with two attached hydrogens (primary N) is 1. The summed E-state index contributed by atoms with van der Waals surface area (Å²) < 4.78 is 14.1. The van der Waals surface area contributed by atoms with E-state index in [1.54, 1.807) is 25.4 Å². The highest BCUT2D eigenvalue weighted by Gasteiger charge is 2.17. The van der Waals surface area contributed by atoms with Gasteiger partial charge in [-0.3, -0.25) is 4.98 Å². The van der Waals surface area contributed by atoms with E-state index in [1.165, 1.54) is 6.07 Å². The second-order valence-electron chi connectivity index (χ2n) is 5.15. The molecule has 0 aliphatic heterocycles. The lowest BCUT2D eigenvalue weighted by molar-refractivity contribution is 0.591. The Labute approximate surface area is 130 Å². The van der Waals surface area contributed by atoms with Gasteiger partial charge in [0.15, 0.2) is 0 Å². The number of nitrogens with zero attached hydrogens (tertiary/aromatic N) is 3. The summed E-state index contributed by atoms with van der Waals surface area (Å²) in [6.07, 6.45) is 3.83. The summed E-state index contributed by atoms with van der Waals surface area (Å²) in [6, 6.07) is 10.4. The van der Waals surface area contributed by atoms with E-state index in [9.17, 15) is 4.39 Å². The molecule has 0 saturated carbocycles. The van der Waals surface area contributed by atoms with E-state index in [-0.39, 0.29) is 5.82 Å². The topological polar surface area (TPSA) is 65.9 Å². The van der Waals surface area contributed by atoms with Crippen LogP contribution >= 0.6 is 0 Å². The lowest BCUT2D eigenvalue weighted by Crippen LogP contribution is -2.26. The van der Waals surface area contributed by atoms with Gasteiger partial charge in [-0.15, -0.1) is 0 Å². The fourth-order valence-electron chi connectivity index (χ4n) is 2.43. The first-order chi connectivity index (χ1) is 10.6. The maximum absolute atomic E-state index is 14.1. The maximum Gasteiger partial charge on any atom is 0.130 e. The first-order valence-electron chi connectivity index (χ1n) is 7.18. The molecule has 0 saturated heterocycles. The Balaban J connectivity index is 2.37. The molecule has 2 N–H and O–H groups in total. The van der Waals surface area contributed by atoms with Crippen molar-refractivity contribution in [2.24, 2.45) is 5.73 Å². The zero-order valence-electron chi connectivity index (χ0n) is 12.5. The van der Waals surface area contributed by atoms with Crippen LogP contribution < -0.4 is 10.6 Å². The Kier molecular flexibility index (Phi) is 5.45. The summed E-state index contributed by atoms with van der Waals surface area (Å²) >= 11 is 0. The molecule has 0 bridgehead atoms. The molecule has 0 radical (unpaired) electrons. The predicted molar refractivity (Wildman–Crippen MR) is 84.5 cm³/mol. The highest BCUT2D eigenvalue weighted by molar-refractivity contribution is 5.56. The maximum atomic E-state index is 14.1. The highest BCUT2D eigenvalue weighted by Crippen LogP contribution is 2.29. The van der Waals surface area contributed by atoms with Crippen molar-refractivity contribution >= 4 is 5.69 Å². The number of nitriles is 1. The summed E-state index contributed by atoms with van der Waals surface area (Å²) in [5.41, 5.74) is 8.14. The average molecular weight is 298 g/mol. The van der Waals surface area contributed by atoms with Gasteiger partial charge in [0.1, 0.15) is 5.82 Å². The van der Waals surface area contributed by atoms with E-state index in [0.29, 0.717) is 25.1 Å². The molecule has 1 unspecified atom stereocenters. The zero-order chi connectivity index (χ0) is 15.9. The summed E-state index contributed by atoms with van der Waals surface area (Å²) in [4.78, 5) is 6.07. The van der Waals surface area contributed by atoms with E-state index in [4.69, 9.17) is 11.0 Å². The van der Waals surface area contributed by atoms with Crippen molar-refractivity contribution in [1.29, 1.82) is 5.26 Å². The van der Waals surface area contributed by atoms with Gasteiger partial charge in [-0.2, -0.15) is 5.26 Å². The van der Waals surface area contributed by atoms with Crippen LogP contribution in [0.25, 0.3) is 0 Å². The Bertz CT molecular complexity index is 649. The van der Waals surface area contributed by atoms with Crippen molar-refractivity contribution in [3.05, 3.63) is 59.7 Å². The largest absolute Gasteiger partial charge is 0.366 e. The van der Waals surface area contributed by atoms with Crippen LogP contribution in [0.3, 0.4) is 0 Å². The minimum atomic E-state index is -0.422. The third-order valence-corrected chi connectivity index (χ3v) is 3.42. The van der Waals surface area contributed by atoms with E-state index in [0.717, 1.165) is 11.3 Å². The average Bonchev–Trinajstić information content (AvgIpc) is 2.51. The van der Waals surface area contributed by atoms with Crippen LogP contribution in [0.4, 0.5) is 10.1 Å². The number of pyridine rings is 1. The lowest BCUT2D eigenvalue weighted by atomic mass is 10.0. The summed E-state index contributed by atoms with van der Waals surface area (Å²) in [6.45, 7) is 2.82. The first-order valence-corrected chi connectivity index (χ1v) is 7.18. The molecule has 2 aromatic rings. The van der Waals surface area contributed by atoms with Crippen LogP contribution in [0.2, 0.25) is 0 Å². The van der Waals surface area contributed by atoms with Gasteiger partial charge in [-0.1, -0.05) is 12.1 Å². The molecule has 1 atom stereocenters. The normalized spacial score (nSPS) is 11.7. The molecule has 0 aliphatic carbocycles. The molecule has 0 fully saturated rings. The number of halogens is 1. The standard InChI is InChI=1S/C17H19FN4/c1-13(20)17-15(18)6-2-7-16(17)22(10-4-8-19)12-14-5-3-9-21-11-14/h2-3,5-7,9,11,13H,4,10,12,20H2,1H3. The van der Waals surface area contributed by atoms with Crippen molar-refractivity contribution in [2.75, 3.05) is 11.4 Å². The minimum Gasteiger partial charge on any atom is -0.366 e. The fourth-order valence-corrected chi connectivity index (χ4v) is 2.43. The molecule has 22 heavy (non-hydrogen) atoms. The molecule has 1 aromatic heterocycles. The number of hydrogen-bond donors (Lipinski definition) is 1. The van der Waals surface area contributed by atoms with Gasteiger partial charge in [0.25, 0.3) is 0 Å². The molecule has 4 nitrogen and oxygen atoms in total. The van der Waals surface area contributed by atoms with Crippen LogP contribution in [-0.4, -0.2) is 11.5 Å². The molecule has 5 heteroatoms. The fraction of sp³-hybridized carbons (Fsp3) is 0.294. The van der Waals surface area contributed by atoms with E-state index < -0.39 is 6.04 Å². The van der Waals surface area contributed by atoms with E-state index in [1.807, 2.05) is 23.1 Å². The van der Waals surface area contributed by atoms with Crippen LogP contribution in [0.15, 0.2) is 42.7 Å². The molecule has 2 rings (SSSR count). The zero-order valence-corrected chi connectivity index (χ0v) is 12.5. The second kappa shape index (κ2) is 7.53. The SMILES string of the molecule is CC(N)c1c(F)cccc1N(CCC#N)Cc1cccnc1. The lowest BCUT2D eigenvalue weighted by Gasteiger charge is -2.27. The molecule has 0 spiro atoms. The van der Waals surface area contributed by atoms with E-state index >= 15 is 0 Å². The molecule has 1 heterocycles. The summed E-state index contributed by atoms with van der Waals surface area (Å²) in [5.74, 6) is -0.319. The van der Waals surface area contributed by atoms with Gasteiger partial charge in [-0.05, 0) is 30.7 Å². The number of benzene rings is 1. The van der Waals surface area contributed by atoms with Crippen molar-refractivity contribution in [3.8, 4) is 6.07 Å². The Morgan fingerprint density at radius 3 is 2.82 bits per heavy atom. The smallest absolute Gasteiger partial charge is 0.130 e. The molecule has 114 valence electrons. The Hall–Kier alpha value is -2.45. The van der Waals surface area contributed by atoms with Crippen LogP contribution in [0.1, 0.15) is 30.5 Å². The quantitative estimate of drug-likeness (QED) is 0.889. The van der Waals surface area contributed by atoms with Gasteiger partial charge in [0.05, 0.1) is 12.5 Å². The van der Waals surface area contributed by atoms with Crippen molar-refractivity contribution in [3.63, 3.8) is 0 Å². The Morgan fingerprint density at radius 2 is 2.18 bits per heavy atom. The second-order valence-corrected chi connectivity index (χ2v) is 5.15. The van der Waals surface area contributed by atoms with Crippen LogP contribution in [0.5, 0.6) is 0 Å². The third kappa shape index (κ3) is 3.80. The molecular formula is C17H19FN4. The number of hydrogen-bond acceptors (Lipinski definition) is 4. The van der Waals surface area contributed by atoms with E-state index in [2.05, 4.69) is 11.1 Å². The van der Waals surface area contributed by atoms with Gasteiger partial charge in [0, 0.05) is 42.8 Å². The van der Waals surface area contributed by atoms with Crippen LogP contribution in [-0.2, 0) is 6.54 Å². The van der Waals surface area contributed by atoms with Gasteiger partial charge < -0.3 is 10.6 Å². The summed E-state index contributed by atoms with van der Waals surface area (Å²) in [5, 5.41) is 8.87. The molecule has 1 aromatic carbocycles. The minimum absolute atomic E-state index is 0.319. The third-order valence-electron chi connectivity index (χ3n) is 3.42. The van der Waals surface area contributed by atoms with Crippen molar-refractivity contribution in [2.45, 2.75) is 25.9 Å². The number of rotatable bonds is 6. The first kappa shape index (κ1) is 15.9. The Morgan fingerprint density at radius 1 is 1.36 bits per heavy atom. The van der Waals surface area contributed by atoms with Gasteiger partial charge in [-0.25, -0.2) is 4.39 Å². The summed E-state index contributed by atoms with van der Waals surface area (Å²) in [7, 11) is 0. The molecular weight excluding hydrogens is 279 g/mol. The van der Waals surface area contributed by atoms with Gasteiger partial charge >= 0.3 is 0 Å². The van der Waals surface area contributed by atoms with Crippen molar-refractivity contribution < 1.29 is 4.39 Å². The van der Waals surface area contributed by atoms with Crippen LogP contribution in [0, 0.1) is 17.1 Å². The van der Waals surface area contributed by atoms with Gasteiger partial charge in [0.2, 0.25) is 0 Å². The molecule has 0 aliphatic rings. The number of anilines is 1. The monoisotopic (exact) mass is 298 g/mol.